The molecule has 0 radical (unpaired) electrons. The minimum atomic E-state index is -4.06. The van der Waals surface area contributed by atoms with Crippen LogP contribution >= 0.6 is 0 Å². The quantitative estimate of drug-likeness (QED) is 0.681. The summed E-state index contributed by atoms with van der Waals surface area (Å²) in [7, 11) is -4.06. The Morgan fingerprint density at radius 3 is 2.58 bits per heavy atom. The van der Waals surface area contributed by atoms with Crippen LogP contribution in [0.3, 0.4) is 0 Å². The van der Waals surface area contributed by atoms with Crippen molar-refractivity contribution >= 4 is 27.1 Å². The molecule has 8 heteroatoms. The first-order valence-corrected chi connectivity index (χ1v) is 8.94. The summed E-state index contributed by atoms with van der Waals surface area (Å²) >= 11 is 0. The van der Waals surface area contributed by atoms with E-state index in [4.69, 9.17) is 0 Å². The van der Waals surface area contributed by atoms with Crippen molar-refractivity contribution in [1.82, 2.24) is 0 Å². The van der Waals surface area contributed by atoms with Gasteiger partial charge in [0.25, 0.3) is 15.7 Å². The number of hydrogen-bond acceptors (Lipinski definition) is 5. The predicted molar refractivity (Wildman–Crippen MR) is 91.7 cm³/mol. The van der Waals surface area contributed by atoms with E-state index < -0.39 is 20.6 Å². The largest absolute Gasteiger partial charge is 0.383 e. The van der Waals surface area contributed by atoms with Gasteiger partial charge >= 0.3 is 0 Å². The third-order valence-corrected chi connectivity index (χ3v) is 5.75. The number of fused-ring (bicyclic) bond motifs is 1. The van der Waals surface area contributed by atoms with Crippen molar-refractivity contribution in [3.8, 4) is 0 Å². The zero-order chi connectivity index (χ0) is 17.3. The fraction of sp³-hybridized carbons (Fsp3) is 0.250. The number of para-hydroxylation sites is 3. The van der Waals surface area contributed by atoms with Crippen molar-refractivity contribution < 1.29 is 13.3 Å². The van der Waals surface area contributed by atoms with Crippen LogP contribution < -0.4 is 9.62 Å². The van der Waals surface area contributed by atoms with Crippen molar-refractivity contribution in [2.24, 2.45) is 5.92 Å². The molecule has 1 aliphatic heterocycles. The number of benzene rings is 2. The van der Waals surface area contributed by atoms with E-state index in [1.165, 1.54) is 28.6 Å². The van der Waals surface area contributed by atoms with Crippen LogP contribution in [-0.4, -0.2) is 26.4 Å². The van der Waals surface area contributed by atoms with E-state index in [0.29, 0.717) is 17.9 Å². The topological polar surface area (TPSA) is 92.6 Å². The molecule has 2 aromatic rings. The van der Waals surface area contributed by atoms with Gasteiger partial charge in [-0.1, -0.05) is 31.2 Å². The third kappa shape index (κ3) is 2.80. The number of nitro groups is 1. The van der Waals surface area contributed by atoms with Gasteiger partial charge in [-0.3, -0.25) is 14.4 Å². The maximum atomic E-state index is 13.2. The molecule has 24 heavy (non-hydrogen) atoms. The number of anilines is 2. The van der Waals surface area contributed by atoms with Crippen molar-refractivity contribution in [3.63, 3.8) is 0 Å². The van der Waals surface area contributed by atoms with Crippen molar-refractivity contribution in [2.45, 2.75) is 11.8 Å². The molecule has 1 atom stereocenters. The van der Waals surface area contributed by atoms with E-state index in [9.17, 15) is 18.5 Å². The van der Waals surface area contributed by atoms with Crippen LogP contribution in [0.1, 0.15) is 6.92 Å². The lowest BCUT2D eigenvalue weighted by Crippen LogP contribution is -2.35. The summed E-state index contributed by atoms with van der Waals surface area (Å²) in [4.78, 5) is 10.3. The molecule has 1 aliphatic rings. The highest BCUT2D eigenvalue weighted by molar-refractivity contribution is 7.93. The molecule has 2 aromatic carbocycles. The Morgan fingerprint density at radius 1 is 1.17 bits per heavy atom. The normalized spacial score (nSPS) is 17.5. The van der Waals surface area contributed by atoms with Gasteiger partial charge in [0.05, 0.1) is 16.3 Å². The smallest absolute Gasteiger partial charge is 0.289 e. The molecule has 0 saturated carbocycles. The first-order chi connectivity index (χ1) is 11.4. The molecule has 3 rings (SSSR count). The van der Waals surface area contributed by atoms with Crippen molar-refractivity contribution in [3.05, 3.63) is 58.6 Å². The van der Waals surface area contributed by atoms with Gasteiger partial charge in [-0.2, -0.15) is 0 Å². The molecular formula is C16H17N3O4S. The second-order valence-electron chi connectivity index (χ2n) is 5.76. The second-order valence-corrected chi connectivity index (χ2v) is 7.59. The van der Waals surface area contributed by atoms with E-state index in [2.05, 4.69) is 5.32 Å². The molecule has 0 fully saturated rings. The molecule has 0 aliphatic carbocycles. The lowest BCUT2D eigenvalue weighted by atomic mass is 10.2. The van der Waals surface area contributed by atoms with Gasteiger partial charge in [0.15, 0.2) is 4.90 Å². The molecule has 0 saturated heterocycles. The number of sulfonamides is 1. The van der Waals surface area contributed by atoms with Gasteiger partial charge < -0.3 is 5.32 Å². The lowest BCUT2D eigenvalue weighted by molar-refractivity contribution is -0.387. The summed E-state index contributed by atoms with van der Waals surface area (Å²) in [6, 6.07) is 12.5. The van der Waals surface area contributed by atoms with E-state index in [1.54, 1.807) is 18.2 Å². The van der Waals surface area contributed by atoms with Crippen molar-refractivity contribution in [2.75, 3.05) is 22.7 Å². The SMILES string of the molecule is CC1CNc2ccccc2N(S(=O)(=O)c2ccccc2[N+](=O)[O-])C1. The zero-order valence-corrected chi connectivity index (χ0v) is 13.9. The van der Waals surface area contributed by atoms with Gasteiger partial charge in [-0.05, 0) is 24.1 Å². The Hall–Kier alpha value is -2.61. The molecule has 126 valence electrons. The molecular weight excluding hydrogens is 330 g/mol. The van der Waals surface area contributed by atoms with Gasteiger partial charge in [-0.25, -0.2) is 8.42 Å². The molecule has 7 nitrogen and oxygen atoms in total. The maximum Gasteiger partial charge on any atom is 0.289 e. The molecule has 0 spiro atoms. The number of nitro benzene ring substituents is 1. The minimum absolute atomic E-state index is 0.0509. The molecule has 0 aromatic heterocycles. The Labute approximate surface area is 140 Å². The fourth-order valence-corrected chi connectivity index (χ4v) is 4.51. The van der Waals surface area contributed by atoms with Crippen LogP contribution in [0, 0.1) is 16.0 Å². The lowest BCUT2D eigenvalue weighted by Gasteiger charge is -2.25. The Bertz CT molecular complexity index is 882. The average molecular weight is 347 g/mol. The highest BCUT2D eigenvalue weighted by atomic mass is 32.2. The summed E-state index contributed by atoms with van der Waals surface area (Å²) in [6.45, 7) is 2.80. The Kier molecular flexibility index (Phi) is 4.15. The standard InChI is InChI=1S/C16H17N3O4S/c1-12-10-17-13-6-2-3-7-14(13)18(11-12)24(22,23)16-9-5-4-8-15(16)19(20)21/h2-9,12,17H,10-11H2,1H3. The van der Waals surface area contributed by atoms with Gasteiger partial charge in [0.1, 0.15) is 0 Å². The van der Waals surface area contributed by atoms with E-state index in [1.807, 2.05) is 13.0 Å². The summed E-state index contributed by atoms with van der Waals surface area (Å²) < 4.78 is 27.6. The summed E-state index contributed by atoms with van der Waals surface area (Å²) in [5, 5.41) is 14.5. The van der Waals surface area contributed by atoms with Crippen LogP contribution in [0.4, 0.5) is 17.1 Å². The van der Waals surface area contributed by atoms with Crippen LogP contribution in [-0.2, 0) is 10.0 Å². The van der Waals surface area contributed by atoms with Crippen LogP contribution in [0.15, 0.2) is 53.4 Å². The van der Waals surface area contributed by atoms with Crippen molar-refractivity contribution in [1.29, 1.82) is 0 Å². The Balaban J connectivity index is 2.18. The first kappa shape index (κ1) is 16.3. The molecule has 0 bridgehead atoms. The number of nitrogens with zero attached hydrogens (tertiary/aromatic N) is 2. The van der Waals surface area contributed by atoms with Gasteiger partial charge in [0.2, 0.25) is 0 Å². The third-order valence-electron chi connectivity index (χ3n) is 3.92. The zero-order valence-electron chi connectivity index (χ0n) is 13.0. The van der Waals surface area contributed by atoms with E-state index in [-0.39, 0.29) is 17.4 Å². The summed E-state index contributed by atoms with van der Waals surface area (Å²) in [5.74, 6) is 0.0509. The highest BCUT2D eigenvalue weighted by Gasteiger charge is 2.34. The van der Waals surface area contributed by atoms with Gasteiger partial charge in [-0.15, -0.1) is 0 Å². The average Bonchev–Trinajstić information content (AvgIpc) is 2.75. The minimum Gasteiger partial charge on any atom is -0.383 e. The van der Waals surface area contributed by atoms with E-state index >= 15 is 0 Å². The number of nitrogens with one attached hydrogen (secondary N) is 1. The van der Waals surface area contributed by atoms with E-state index in [0.717, 1.165) is 0 Å². The predicted octanol–water partition coefficient (Wildman–Crippen LogP) is 2.85. The molecule has 0 amide bonds. The summed E-state index contributed by atoms with van der Waals surface area (Å²) in [6.07, 6.45) is 0. The Morgan fingerprint density at radius 2 is 1.83 bits per heavy atom. The van der Waals surface area contributed by atoms with Crippen LogP contribution in [0.5, 0.6) is 0 Å². The molecule has 1 heterocycles. The van der Waals surface area contributed by atoms with Crippen LogP contribution in [0.25, 0.3) is 0 Å². The fourth-order valence-electron chi connectivity index (χ4n) is 2.74. The maximum absolute atomic E-state index is 13.2. The number of rotatable bonds is 3. The second kappa shape index (κ2) is 6.12. The van der Waals surface area contributed by atoms with Crippen LogP contribution in [0.2, 0.25) is 0 Å². The monoisotopic (exact) mass is 347 g/mol. The number of hydrogen-bond donors (Lipinski definition) is 1. The first-order valence-electron chi connectivity index (χ1n) is 7.50. The molecule has 1 N–H and O–H groups in total. The summed E-state index contributed by atoms with van der Waals surface area (Å²) in [5.41, 5.74) is 0.781. The highest BCUT2D eigenvalue weighted by Crippen LogP contribution is 2.35. The van der Waals surface area contributed by atoms with Gasteiger partial charge in [0, 0.05) is 19.2 Å². The molecule has 1 unspecified atom stereocenters.